The normalized spacial score (nSPS) is 25.1. The first-order valence-corrected chi connectivity index (χ1v) is 24.7. The summed E-state index contributed by atoms with van der Waals surface area (Å²) in [4.78, 5) is 0. The average molecular weight is 713 g/mol. The van der Waals surface area contributed by atoms with Gasteiger partial charge in [0.1, 0.15) is 5.75 Å². The number of benzene rings is 1. The predicted octanol–water partition coefficient (Wildman–Crippen LogP) is 10.4. The zero-order valence-corrected chi connectivity index (χ0v) is 34.5. The van der Waals surface area contributed by atoms with E-state index in [0.717, 1.165) is 37.0 Å². The fraction of sp³-hybridized carbons (Fsp3) is 0.778. The van der Waals surface area contributed by atoms with Gasteiger partial charge in [0.25, 0.3) is 0 Å². The van der Waals surface area contributed by atoms with E-state index in [-0.39, 0.29) is 40.9 Å². The summed E-state index contributed by atoms with van der Waals surface area (Å²) in [5, 5.41) is 0.185. The quantitative estimate of drug-likeness (QED) is 0.0952. The largest absolute Gasteiger partial charge is 0.497 e. The van der Waals surface area contributed by atoms with Crippen LogP contribution in [0.2, 0.25) is 36.3 Å². The second-order valence-corrected chi connectivity index (χ2v) is 28.0. The second-order valence-electron chi connectivity index (χ2n) is 16.9. The summed E-state index contributed by atoms with van der Waals surface area (Å²) < 4.78 is 56.2. The molecule has 2 bridgehead atoms. The molecular formula is C36H65O8PSi2. The van der Waals surface area contributed by atoms with Crippen molar-refractivity contribution in [3.63, 3.8) is 0 Å². The van der Waals surface area contributed by atoms with Gasteiger partial charge in [0.15, 0.2) is 16.6 Å². The van der Waals surface area contributed by atoms with E-state index < -0.39 is 30.1 Å². The van der Waals surface area contributed by atoms with Crippen LogP contribution < -0.4 is 4.74 Å². The molecule has 6 unspecified atom stereocenters. The van der Waals surface area contributed by atoms with Gasteiger partial charge in [-0.15, -0.1) is 0 Å². The summed E-state index contributed by atoms with van der Waals surface area (Å²) in [6.07, 6.45) is 7.09. The highest BCUT2D eigenvalue weighted by molar-refractivity contribution is 7.48. The topological polar surface area (TPSA) is 81.7 Å². The first kappa shape index (κ1) is 40.6. The standard InChI is InChI=1S/C36H65O8PSi2/c1-28(16-19-32-25-31-15-14-23-40-45(37,42-31)43-32)33(44-47(12,13)35(5,6)7)26-36(8,22-24-41-46(10,11)34(2,3)4)39-27-29-17-20-30(38-9)21-18-29/h14-15,17-18,20-21,28,31-33H,16,19,22-27H2,1-13H3. The molecule has 2 aliphatic rings. The van der Waals surface area contributed by atoms with E-state index in [2.05, 4.69) is 93.7 Å². The molecule has 1 aromatic rings. The van der Waals surface area contributed by atoms with Crippen molar-refractivity contribution in [2.24, 2.45) is 5.92 Å². The summed E-state index contributed by atoms with van der Waals surface area (Å²) >= 11 is 0. The van der Waals surface area contributed by atoms with E-state index in [1.807, 2.05) is 24.3 Å². The average Bonchev–Trinajstić information content (AvgIpc) is 3.09. The van der Waals surface area contributed by atoms with E-state index in [0.29, 0.717) is 19.6 Å². The van der Waals surface area contributed by atoms with Crippen LogP contribution in [0.15, 0.2) is 36.4 Å². The zero-order chi connectivity index (χ0) is 35.3. The molecular weight excluding hydrogens is 648 g/mol. The van der Waals surface area contributed by atoms with Crippen LogP contribution in [0.4, 0.5) is 0 Å². The Morgan fingerprint density at radius 1 is 0.957 bits per heavy atom. The van der Waals surface area contributed by atoms with Crippen molar-refractivity contribution >= 4 is 24.5 Å². The third-order valence-corrected chi connectivity index (χ3v) is 21.4. The van der Waals surface area contributed by atoms with Gasteiger partial charge in [-0.2, -0.15) is 0 Å². The molecule has 270 valence electrons. The number of rotatable bonds is 16. The van der Waals surface area contributed by atoms with Gasteiger partial charge in [-0.1, -0.05) is 72.8 Å². The minimum atomic E-state index is -3.54. The Kier molecular flexibility index (Phi) is 13.8. The number of methoxy groups -OCH3 is 1. The Hall–Kier alpha value is -0.816. The van der Waals surface area contributed by atoms with Gasteiger partial charge in [0.05, 0.1) is 44.2 Å². The van der Waals surface area contributed by atoms with Crippen LogP contribution in [-0.4, -0.2) is 60.9 Å². The van der Waals surface area contributed by atoms with Crippen molar-refractivity contribution < 1.29 is 36.5 Å². The molecule has 8 nitrogen and oxygen atoms in total. The highest BCUT2D eigenvalue weighted by Crippen LogP contribution is 2.57. The molecule has 2 aliphatic heterocycles. The first-order valence-electron chi connectivity index (χ1n) is 17.4. The minimum Gasteiger partial charge on any atom is -0.497 e. The SMILES string of the molecule is COc1ccc(COC(C)(CCO[Si](C)(C)C(C)(C)C)CC(O[Si](C)(C)C(C)(C)C)C(C)CCC2CC3C=CCOP(=O)(O3)O2)cc1. The van der Waals surface area contributed by atoms with Crippen LogP contribution >= 0.6 is 7.82 Å². The number of fused-ring (bicyclic) bond motifs is 2. The molecule has 0 N–H and O–H groups in total. The molecule has 11 heteroatoms. The van der Waals surface area contributed by atoms with Gasteiger partial charge in [-0.3, -0.25) is 13.6 Å². The Morgan fingerprint density at radius 3 is 2.19 bits per heavy atom. The van der Waals surface area contributed by atoms with E-state index in [4.69, 9.17) is 31.9 Å². The second kappa shape index (κ2) is 16.0. The van der Waals surface area contributed by atoms with E-state index in [9.17, 15) is 4.57 Å². The Balaban J connectivity index is 1.83. The molecule has 1 aromatic carbocycles. The van der Waals surface area contributed by atoms with Crippen LogP contribution in [0.25, 0.3) is 0 Å². The summed E-state index contributed by atoms with van der Waals surface area (Å²) in [7, 11) is -5.93. The number of phosphoric ester groups is 1. The van der Waals surface area contributed by atoms with Crippen LogP contribution in [0.1, 0.15) is 93.1 Å². The van der Waals surface area contributed by atoms with Gasteiger partial charge in [0, 0.05) is 19.4 Å². The molecule has 3 rings (SSSR count). The smallest absolute Gasteiger partial charge is 0.475 e. The zero-order valence-electron chi connectivity index (χ0n) is 31.6. The molecule has 47 heavy (non-hydrogen) atoms. The molecule has 0 aliphatic carbocycles. The van der Waals surface area contributed by atoms with Crippen molar-refractivity contribution in [3.05, 3.63) is 42.0 Å². The molecule has 0 amide bonds. The predicted molar refractivity (Wildman–Crippen MR) is 196 cm³/mol. The molecule has 6 atom stereocenters. The number of hydrogen-bond donors (Lipinski definition) is 0. The Labute approximate surface area is 288 Å². The molecule has 1 saturated heterocycles. The van der Waals surface area contributed by atoms with Gasteiger partial charge in [-0.25, -0.2) is 4.57 Å². The number of hydrogen-bond acceptors (Lipinski definition) is 8. The Bertz CT molecular complexity index is 1210. The lowest BCUT2D eigenvalue weighted by atomic mass is 9.86. The maximum absolute atomic E-state index is 13.1. The van der Waals surface area contributed by atoms with Crippen LogP contribution in [-0.2, 0) is 38.3 Å². The summed E-state index contributed by atoms with van der Waals surface area (Å²) in [5.41, 5.74) is 0.609. The van der Waals surface area contributed by atoms with Crippen molar-refractivity contribution in [1.29, 1.82) is 0 Å². The molecule has 0 saturated carbocycles. The number of phosphoric acid groups is 1. The Morgan fingerprint density at radius 2 is 1.60 bits per heavy atom. The van der Waals surface area contributed by atoms with Crippen LogP contribution in [0.5, 0.6) is 5.75 Å². The molecule has 0 aromatic heterocycles. The fourth-order valence-electron chi connectivity index (χ4n) is 5.33. The van der Waals surface area contributed by atoms with Crippen LogP contribution in [0, 0.1) is 5.92 Å². The minimum absolute atomic E-state index is 0.0427. The maximum atomic E-state index is 13.1. The van der Waals surface area contributed by atoms with E-state index >= 15 is 0 Å². The third kappa shape index (κ3) is 11.9. The lowest BCUT2D eigenvalue weighted by Gasteiger charge is -2.44. The van der Waals surface area contributed by atoms with Crippen molar-refractivity contribution in [1.82, 2.24) is 0 Å². The van der Waals surface area contributed by atoms with Gasteiger partial charge in [0.2, 0.25) is 0 Å². The summed E-state index contributed by atoms with van der Waals surface area (Å²) in [5.74, 6) is 1.04. The lowest BCUT2D eigenvalue weighted by Crippen LogP contribution is -2.48. The molecule has 0 radical (unpaired) electrons. The first-order chi connectivity index (χ1) is 21.6. The van der Waals surface area contributed by atoms with Crippen molar-refractivity contribution in [2.75, 3.05) is 20.3 Å². The van der Waals surface area contributed by atoms with Gasteiger partial charge in [-0.05, 0) is 86.1 Å². The van der Waals surface area contributed by atoms with Crippen molar-refractivity contribution in [2.45, 2.75) is 154 Å². The molecule has 1 fully saturated rings. The molecule has 2 heterocycles. The number of ether oxygens (including phenoxy) is 2. The highest BCUT2D eigenvalue weighted by Gasteiger charge is 2.44. The van der Waals surface area contributed by atoms with Gasteiger partial charge >= 0.3 is 7.82 Å². The van der Waals surface area contributed by atoms with Gasteiger partial charge < -0.3 is 18.3 Å². The third-order valence-electron chi connectivity index (χ3n) is 10.8. The van der Waals surface area contributed by atoms with E-state index in [1.54, 1.807) is 7.11 Å². The molecule has 0 spiro atoms. The monoisotopic (exact) mass is 712 g/mol. The maximum Gasteiger partial charge on any atom is 0.475 e. The summed E-state index contributed by atoms with van der Waals surface area (Å²) in [6, 6.07) is 8.08. The van der Waals surface area contributed by atoms with E-state index in [1.165, 1.54) is 0 Å². The van der Waals surface area contributed by atoms with Crippen LogP contribution in [0.3, 0.4) is 0 Å². The highest BCUT2D eigenvalue weighted by atomic mass is 31.2. The fourth-order valence-corrected chi connectivity index (χ4v) is 9.29. The van der Waals surface area contributed by atoms with Crippen molar-refractivity contribution in [3.8, 4) is 5.75 Å². The lowest BCUT2D eigenvalue weighted by molar-refractivity contribution is -0.0880. The summed E-state index contributed by atoms with van der Waals surface area (Å²) in [6.45, 7) is 28.8.